The zero-order chi connectivity index (χ0) is 26.2. The third-order valence-corrected chi connectivity index (χ3v) is 7.46. The Hall–Kier alpha value is -0.701. The van der Waals surface area contributed by atoms with Gasteiger partial charge >= 0.3 is 0 Å². The topological polar surface area (TPSA) is 6.48 Å². The van der Waals surface area contributed by atoms with Gasteiger partial charge in [0.15, 0.2) is 0 Å². The molecule has 2 nitrogen and oxygen atoms in total. The van der Waals surface area contributed by atoms with E-state index in [0.29, 0.717) is 34.5 Å². The predicted octanol–water partition coefficient (Wildman–Crippen LogP) is -3.61. The van der Waals surface area contributed by atoms with E-state index in [0.717, 1.165) is 11.1 Å². The number of benzene rings is 2. The second kappa shape index (κ2) is 8.95. The molecular weight excluding hydrogens is 436 g/mol. The average molecular weight is 453 g/mol. The van der Waals surface area contributed by atoms with Gasteiger partial charge in [-0.3, -0.25) is 4.90 Å². The number of piperazine rings is 1. The van der Waals surface area contributed by atoms with Gasteiger partial charge < -0.3 is 4.90 Å². The zero-order valence-electron chi connectivity index (χ0n) is 20.1. The Bertz CT molecular complexity index is 1130. The monoisotopic (exact) mass is 454 g/mol. The Labute approximate surface area is 227 Å². The molecule has 2 aromatic rings. The van der Waals surface area contributed by atoms with Crippen LogP contribution in [0, 0.1) is 0 Å². The van der Waals surface area contributed by atoms with Crippen LogP contribution in [-0.4, -0.2) is 117 Å². The van der Waals surface area contributed by atoms with E-state index in [9.17, 15) is 0 Å². The number of rotatable bonds is 3. The molecule has 1 aliphatic carbocycles. The van der Waals surface area contributed by atoms with E-state index < -0.39 is 16.1 Å². The first-order chi connectivity index (χ1) is 16.0. The number of nitrogens with zero attached hydrogens (tertiary/aromatic N) is 2. The van der Waals surface area contributed by atoms with Gasteiger partial charge in [-0.1, -0.05) is 28.5 Å². The van der Waals surface area contributed by atoms with Crippen molar-refractivity contribution in [2.75, 3.05) is 13.1 Å². The first-order valence-electron chi connectivity index (χ1n) is 11.3. The summed E-state index contributed by atoms with van der Waals surface area (Å²) in [6.45, 7) is 4.65. The van der Waals surface area contributed by atoms with Crippen molar-refractivity contribution in [2.45, 2.75) is 48.3 Å². The predicted molar refractivity (Wildman–Crippen MR) is 156 cm³/mol. The second-order valence-corrected chi connectivity index (χ2v) is 10.9. The lowest BCUT2D eigenvalue weighted by Crippen LogP contribution is -2.78. The third kappa shape index (κ3) is 4.59. The van der Waals surface area contributed by atoms with Crippen molar-refractivity contribution in [3.05, 3.63) is 39.9 Å². The van der Waals surface area contributed by atoms with Crippen LogP contribution in [0.1, 0.15) is 48.9 Å². The van der Waals surface area contributed by atoms with Gasteiger partial charge in [-0.05, 0) is 48.9 Å². The molecule has 4 rings (SSSR count). The van der Waals surface area contributed by atoms with Gasteiger partial charge in [0.05, 0.1) is 39.2 Å². The summed E-state index contributed by atoms with van der Waals surface area (Å²) >= 11 is 6.42. The van der Waals surface area contributed by atoms with Crippen molar-refractivity contribution in [3.8, 4) is 0 Å². The summed E-state index contributed by atoms with van der Waals surface area (Å²) in [4.78, 5) is 3.74. The fourth-order valence-electron chi connectivity index (χ4n) is 6.18. The van der Waals surface area contributed by atoms with Gasteiger partial charge in [0.25, 0.3) is 0 Å². The first-order valence-corrected chi connectivity index (χ1v) is 11.6. The lowest BCUT2D eigenvalue weighted by molar-refractivity contribution is -0.0347. The van der Waals surface area contributed by atoms with Crippen LogP contribution < -0.4 is 27.3 Å². The number of halogens is 1. The molecule has 20 radical (unpaired) electrons. The number of fused-ring (bicyclic) bond motifs is 1. The number of hydrogen-bond donors (Lipinski definition) is 0. The van der Waals surface area contributed by atoms with Crippen LogP contribution in [0.4, 0.5) is 0 Å². The molecule has 2 atom stereocenters. The standard InChI is InChI=1S/C22H17B10ClN2/c1-20(2)7-34(8-21(28,29)35(20)22(30,31)32)13-6-12(10-4-3-9(33)5-11(10)13)14-15(23)17(25)19(27)18(26)16(14)24/h3-5,12-13H,6-8H2,1-2H3/t12-,13-/m1/s1. The van der Waals surface area contributed by atoms with Gasteiger partial charge in [0.2, 0.25) is 0 Å². The Morgan fingerprint density at radius 1 is 0.857 bits per heavy atom. The fraction of sp³-hybridized carbons (Fsp3) is 0.455. The molecule has 2 aromatic carbocycles. The van der Waals surface area contributed by atoms with Crippen LogP contribution in [0.25, 0.3) is 0 Å². The normalized spacial score (nSPS) is 24.3. The van der Waals surface area contributed by atoms with Crippen LogP contribution in [0.2, 0.25) is 5.02 Å². The minimum absolute atomic E-state index is 0.122. The SMILES string of the molecule is [B]c1c([B])c([B])c([C@@H]2C[C@@H](N3CC([B])([B])N(C([B])([B])[B])C(C)(C)C3)c3cc(Cl)ccc32)c([B])c1[B]. The molecular formula is C22H17B10ClN2. The number of hydrogen-bond acceptors (Lipinski definition) is 2. The van der Waals surface area contributed by atoms with Gasteiger partial charge in [-0.25, -0.2) is 0 Å². The van der Waals surface area contributed by atoms with Crippen molar-refractivity contribution in [2.24, 2.45) is 0 Å². The maximum Gasteiger partial charge on any atom is 0.113 e. The smallest absolute Gasteiger partial charge is 0.113 e. The summed E-state index contributed by atoms with van der Waals surface area (Å²) in [5.41, 5.74) is 3.25. The van der Waals surface area contributed by atoms with Crippen molar-refractivity contribution in [1.29, 1.82) is 0 Å². The Morgan fingerprint density at radius 2 is 1.40 bits per heavy atom. The highest BCUT2D eigenvalue weighted by molar-refractivity contribution is 6.67. The Balaban J connectivity index is 1.81. The molecule has 13 heteroatoms. The van der Waals surface area contributed by atoms with E-state index in [1.165, 1.54) is 0 Å². The van der Waals surface area contributed by atoms with Gasteiger partial charge in [-0.15, -0.1) is 27.3 Å². The molecule has 0 unspecified atom stereocenters. The van der Waals surface area contributed by atoms with E-state index in [4.69, 9.17) is 90.1 Å². The average Bonchev–Trinajstić information content (AvgIpc) is 3.06. The summed E-state index contributed by atoms with van der Waals surface area (Å²) in [7, 11) is 62.5. The molecule has 1 fully saturated rings. The molecule has 1 saturated heterocycles. The minimum Gasteiger partial charge on any atom is -0.326 e. The highest BCUT2D eigenvalue weighted by Crippen LogP contribution is 2.49. The van der Waals surface area contributed by atoms with Crippen molar-refractivity contribution in [3.63, 3.8) is 0 Å². The van der Waals surface area contributed by atoms with Crippen LogP contribution in [0.5, 0.6) is 0 Å². The largest absolute Gasteiger partial charge is 0.326 e. The second-order valence-electron chi connectivity index (χ2n) is 10.5. The molecule has 1 aliphatic heterocycles. The lowest BCUT2D eigenvalue weighted by atomic mass is 9.43. The van der Waals surface area contributed by atoms with Gasteiger partial charge in [-0.2, -0.15) is 0 Å². The Kier molecular flexibility index (Phi) is 6.99. The molecule has 0 aromatic heterocycles. The maximum absolute atomic E-state index is 6.55. The molecule has 2 aliphatic rings. The molecule has 0 amide bonds. The van der Waals surface area contributed by atoms with E-state index in [1.807, 2.05) is 32.0 Å². The molecule has 0 bridgehead atoms. The van der Waals surface area contributed by atoms with Crippen LogP contribution in [0.15, 0.2) is 18.2 Å². The highest BCUT2D eigenvalue weighted by atomic mass is 35.5. The third-order valence-electron chi connectivity index (χ3n) is 7.23. The molecule has 0 spiro atoms. The lowest BCUT2D eigenvalue weighted by Gasteiger charge is -2.64. The van der Waals surface area contributed by atoms with Crippen LogP contribution in [0.3, 0.4) is 0 Å². The highest BCUT2D eigenvalue weighted by Gasteiger charge is 2.50. The molecule has 1 heterocycles. The minimum atomic E-state index is -1.71. The van der Waals surface area contributed by atoms with E-state index in [2.05, 4.69) is 4.90 Å². The summed E-state index contributed by atoms with van der Waals surface area (Å²) < 4.78 is 0. The van der Waals surface area contributed by atoms with Crippen molar-refractivity contribution < 1.29 is 0 Å². The molecule has 35 heavy (non-hydrogen) atoms. The fourth-order valence-corrected chi connectivity index (χ4v) is 6.36. The van der Waals surface area contributed by atoms with Crippen LogP contribution >= 0.6 is 11.6 Å². The van der Waals surface area contributed by atoms with Crippen molar-refractivity contribution >= 4 is 117 Å². The molecule has 0 saturated carbocycles. The van der Waals surface area contributed by atoms with Crippen molar-refractivity contribution in [1.82, 2.24) is 9.80 Å². The van der Waals surface area contributed by atoms with Gasteiger partial charge in [0.1, 0.15) is 39.2 Å². The van der Waals surface area contributed by atoms with Gasteiger partial charge in [0, 0.05) is 35.6 Å². The van der Waals surface area contributed by atoms with E-state index in [-0.39, 0.29) is 34.9 Å². The van der Waals surface area contributed by atoms with Crippen LogP contribution in [-0.2, 0) is 0 Å². The maximum atomic E-state index is 6.55. The Morgan fingerprint density at radius 3 is 1.91 bits per heavy atom. The van der Waals surface area contributed by atoms with E-state index >= 15 is 0 Å². The quantitative estimate of drug-likeness (QED) is 0.444. The van der Waals surface area contributed by atoms with E-state index in [1.54, 1.807) is 4.90 Å². The molecule has 0 N–H and O–H groups in total. The summed E-state index contributed by atoms with van der Waals surface area (Å²) in [5.74, 6) is -0.207. The molecule has 152 valence electrons. The summed E-state index contributed by atoms with van der Waals surface area (Å²) in [6.07, 6.45) is 0.609. The zero-order valence-corrected chi connectivity index (χ0v) is 20.8. The summed E-state index contributed by atoms with van der Waals surface area (Å²) in [6, 6.07) is 5.61. The first kappa shape index (κ1) is 27.3. The summed E-state index contributed by atoms with van der Waals surface area (Å²) in [5, 5.41) is -2.52.